The molecule has 0 aliphatic carbocycles. The number of para-hydroxylation sites is 1. The van der Waals surface area contributed by atoms with Crippen LogP contribution in [0.25, 0.3) is 0 Å². The number of hydrogen-bond acceptors (Lipinski definition) is 7. The maximum Gasteiger partial charge on any atom is 0.259 e. The van der Waals surface area contributed by atoms with Crippen LogP contribution in [0, 0.1) is 6.92 Å². The first-order valence-electron chi connectivity index (χ1n) is 16.1. The van der Waals surface area contributed by atoms with Gasteiger partial charge in [-0.25, -0.2) is 0 Å². The highest BCUT2D eigenvalue weighted by Crippen LogP contribution is 2.24. The van der Waals surface area contributed by atoms with Gasteiger partial charge in [0, 0.05) is 61.3 Å². The van der Waals surface area contributed by atoms with Gasteiger partial charge in [0.2, 0.25) is 0 Å². The Bertz CT molecular complexity index is 1720. The molecule has 3 amide bonds. The molecule has 1 heterocycles. The molecule has 250 valence electrons. The fourth-order valence-electron chi connectivity index (χ4n) is 5.37. The van der Waals surface area contributed by atoms with Gasteiger partial charge in [-0.15, -0.1) is 0 Å². The number of anilines is 2. The lowest BCUT2D eigenvalue weighted by atomic mass is 10.0. The number of amides is 3. The van der Waals surface area contributed by atoms with E-state index >= 15 is 0 Å². The molecule has 0 bridgehead atoms. The van der Waals surface area contributed by atoms with Crippen molar-refractivity contribution in [3.8, 4) is 11.5 Å². The van der Waals surface area contributed by atoms with E-state index in [0.717, 1.165) is 24.2 Å². The van der Waals surface area contributed by atoms with Crippen molar-refractivity contribution in [2.75, 3.05) is 63.6 Å². The van der Waals surface area contributed by atoms with Gasteiger partial charge in [-0.2, -0.15) is 0 Å². The number of carbonyl (C=O) groups is 3. The fraction of sp³-hybridized carbons (Fsp3) is 0.289. The molecule has 10 heteroatoms. The lowest BCUT2D eigenvalue weighted by Crippen LogP contribution is -2.47. The van der Waals surface area contributed by atoms with Gasteiger partial charge in [-0.3, -0.25) is 14.4 Å². The molecule has 3 N–H and O–H groups in total. The average Bonchev–Trinajstić information content (AvgIpc) is 3.11. The van der Waals surface area contributed by atoms with Crippen LogP contribution in [0.2, 0.25) is 0 Å². The van der Waals surface area contributed by atoms with E-state index in [0.29, 0.717) is 72.2 Å². The van der Waals surface area contributed by atoms with Crippen LogP contribution in [-0.2, 0) is 6.61 Å². The van der Waals surface area contributed by atoms with Gasteiger partial charge in [0.25, 0.3) is 17.7 Å². The molecule has 1 aliphatic rings. The molecule has 0 unspecified atom stereocenters. The van der Waals surface area contributed by atoms with E-state index in [2.05, 4.69) is 17.3 Å². The van der Waals surface area contributed by atoms with E-state index in [4.69, 9.17) is 15.2 Å². The molecule has 0 radical (unpaired) electrons. The van der Waals surface area contributed by atoms with Crippen molar-refractivity contribution in [3.05, 3.63) is 119 Å². The minimum Gasteiger partial charge on any atom is -0.493 e. The minimum absolute atomic E-state index is 0.0327. The minimum atomic E-state index is -0.308. The monoisotopic (exact) mass is 649 g/mol. The molecule has 4 aromatic carbocycles. The van der Waals surface area contributed by atoms with E-state index in [9.17, 15) is 14.4 Å². The van der Waals surface area contributed by atoms with Gasteiger partial charge in [0.1, 0.15) is 18.1 Å². The molecule has 0 spiro atoms. The molecule has 1 aliphatic heterocycles. The largest absolute Gasteiger partial charge is 0.493 e. The number of rotatable bonds is 12. The zero-order valence-electron chi connectivity index (χ0n) is 27.8. The lowest BCUT2D eigenvalue weighted by molar-refractivity contribution is 0.0661. The Morgan fingerprint density at radius 3 is 2.27 bits per heavy atom. The Balaban J connectivity index is 1.17. The van der Waals surface area contributed by atoms with Gasteiger partial charge in [0.05, 0.1) is 12.2 Å². The molecular weight excluding hydrogens is 606 g/mol. The summed E-state index contributed by atoms with van der Waals surface area (Å²) in [6, 6.07) is 26.9. The number of nitrogens with two attached hydrogens (primary N) is 1. The van der Waals surface area contributed by atoms with Crippen molar-refractivity contribution in [1.82, 2.24) is 9.80 Å². The highest BCUT2D eigenvalue weighted by molar-refractivity contribution is 6.08. The van der Waals surface area contributed by atoms with Crippen molar-refractivity contribution >= 4 is 29.1 Å². The van der Waals surface area contributed by atoms with Crippen LogP contribution in [-0.4, -0.2) is 80.9 Å². The topological polar surface area (TPSA) is 117 Å². The van der Waals surface area contributed by atoms with Gasteiger partial charge in [-0.1, -0.05) is 29.8 Å². The second-order valence-corrected chi connectivity index (χ2v) is 11.9. The number of nitrogens with one attached hydrogen (secondary N) is 1. The zero-order valence-corrected chi connectivity index (χ0v) is 27.8. The Kier molecular flexibility index (Phi) is 11.4. The first-order valence-corrected chi connectivity index (χ1v) is 16.1. The molecule has 1 saturated heterocycles. The lowest BCUT2D eigenvalue weighted by Gasteiger charge is -2.33. The molecule has 0 aromatic heterocycles. The maximum atomic E-state index is 13.4. The van der Waals surface area contributed by atoms with Gasteiger partial charge >= 0.3 is 0 Å². The summed E-state index contributed by atoms with van der Waals surface area (Å²) in [5, 5.41) is 2.87. The molecule has 0 saturated carbocycles. The molecule has 1 fully saturated rings. The third-order valence-corrected chi connectivity index (χ3v) is 8.34. The number of ether oxygens (including phenoxy) is 2. The number of benzene rings is 4. The number of likely N-dealkylation sites (N-methyl/N-ethyl adjacent to an activating group) is 1. The predicted molar refractivity (Wildman–Crippen MR) is 188 cm³/mol. The standard InChI is InChI=1S/C38H43N5O5/c1-27-9-10-29(34(25-27)38(46)43-22-20-41(2)21-23-43)26-48-32-17-15-31(16-18-32)42(3)37(45)28-11-13-30(14-12-28)40-36(44)33-7-4-5-8-35(33)47-24-6-19-39/h4-5,7-18,25H,6,19-24,26,39H2,1-3H3,(H,40,44). The van der Waals surface area contributed by atoms with E-state index < -0.39 is 0 Å². The second kappa shape index (κ2) is 16.1. The summed E-state index contributed by atoms with van der Waals surface area (Å²) in [5.41, 5.74) is 10.2. The molecule has 48 heavy (non-hydrogen) atoms. The summed E-state index contributed by atoms with van der Waals surface area (Å²) >= 11 is 0. The number of carbonyl (C=O) groups excluding carboxylic acids is 3. The summed E-state index contributed by atoms with van der Waals surface area (Å²) in [5.74, 6) is 0.642. The van der Waals surface area contributed by atoms with Gasteiger partial charge in [0.15, 0.2) is 0 Å². The van der Waals surface area contributed by atoms with Gasteiger partial charge < -0.3 is 35.2 Å². The number of nitrogens with zero attached hydrogens (tertiary/aromatic N) is 3. The van der Waals surface area contributed by atoms with E-state index in [1.807, 2.05) is 60.4 Å². The molecule has 5 rings (SSSR count). The van der Waals surface area contributed by atoms with Crippen molar-refractivity contribution in [1.29, 1.82) is 0 Å². The summed E-state index contributed by atoms with van der Waals surface area (Å²) in [4.78, 5) is 45.3. The van der Waals surface area contributed by atoms with Crippen molar-refractivity contribution in [3.63, 3.8) is 0 Å². The van der Waals surface area contributed by atoms with Crippen LogP contribution in [0.4, 0.5) is 11.4 Å². The number of aryl methyl sites for hydroxylation is 1. The molecular formula is C38H43N5O5. The maximum absolute atomic E-state index is 13.4. The smallest absolute Gasteiger partial charge is 0.259 e. The Morgan fingerprint density at radius 2 is 1.56 bits per heavy atom. The molecule has 0 atom stereocenters. The van der Waals surface area contributed by atoms with Crippen molar-refractivity contribution in [2.45, 2.75) is 20.0 Å². The highest BCUT2D eigenvalue weighted by Gasteiger charge is 2.23. The summed E-state index contributed by atoms with van der Waals surface area (Å²) in [7, 11) is 3.77. The van der Waals surface area contributed by atoms with Gasteiger partial charge in [-0.05, 0) is 93.7 Å². The number of hydrogen-bond donors (Lipinski definition) is 2. The molecule has 4 aromatic rings. The third kappa shape index (κ3) is 8.58. The first kappa shape index (κ1) is 34.2. The van der Waals surface area contributed by atoms with Crippen molar-refractivity contribution in [2.24, 2.45) is 5.73 Å². The van der Waals surface area contributed by atoms with Crippen LogP contribution < -0.4 is 25.4 Å². The quantitative estimate of drug-likeness (QED) is 0.202. The Labute approximate surface area is 282 Å². The third-order valence-electron chi connectivity index (χ3n) is 8.34. The van der Waals surface area contributed by atoms with Crippen LogP contribution >= 0.6 is 0 Å². The van der Waals surface area contributed by atoms with Crippen LogP contribution in [0.3, 0.4) is 0 Å². The normalized spacial score (nSPS) is 13.1. The van der Waals surface area contributed by atoms with E-state index in [1.54, 1.807) is 54.4 Å². The SMILES string of the molecule is Cc1ccc(COc2ccc(N(C)C(=O)c3ccc(NC(=O)c4ccccc4OCCCN)cc3)cc2)c(C(=O)N2CCN(C)CC2)c1. The summed E-state index contributed by atoms with van der Waals surface area (Å²) < 4.78 is 11.8. The number of piperazine rings is 1. The average molecular weight is 650 g/mol. The summed E-state index contributed by atoms with van der Waals surface area (Å²) in [6.45, 7) is 6.30. The summed E-state index contributed by atoms with van der Waals surface area (Å²) in [6.07, 6.45) is 0.688. The Hall–Kier alpha value is -5.19. The highest BCUT2D eigenvalue weighted by atomic mass is 16.5. The van der Waals surface area contributed by atoms with Crippen LogP contribution in [0.5, 0.6) is 11.5 Å². The van der Waals surface area contributed by atoms with Crippen molar-refractivity contribution < 1.29 is 23.9 Å². The Morgan fingerprint density at radius 1 is 0.854 bits per heavy atom. The van der Waals surface area contributed by atoms with Crippen LogP contribution in [0.15, 0.2) is 91.0 Å². The fourth-order valence-corrected chi connectivity index (χ4v) is 5.37. The van der Waals surface area contributed by atoms with E-state index in [1.165, 1.54) is 0 Å². The zero-order chi connectivity index (χ0) is 34.0. The molecule has 10 nitrogen and oxygen atoms in total. The van der Waals surface area contributed by atoms with Crippen LogP contribution in [0.1, 0.15) is 48.6 Å². The second-order valence-electron chi connectivity index (χ2n) is 11.9. The van der Waals surface area contributed by atoms with E-state index in [-0.39, 0.29) is 24.3 Å². The first-order chi connectivity index (χ1) is 23.2. The predicted octanol–water partition coefficient (Wildman–Crippen LogP) is 5.22.